The van der Waals surface area contributed by atoms with Gasteiger partial charge in [0.1, 0.15) is 11.6 Å². The molecule has 1 unspecified atom stereocenters. The predicted molar refractivity (Wildman–Crippen MR) is 78.8 cm³/mol. The minimum Gasteiger partial charge on any atom is -0.434 e. The molecule has 8 heteroatoms. The highest BCUT2D eigenvalue weighted by molar-refractivity contribution is 5.74. The lowest BCUT2D eigenvalue weighted by molar-refractivity contribution is -0.0506. The summed E-state index contributed by atoms with van der Waals surface area (Å²) in [7, 11) is 0. The van der Waals surface area contributed by atoms with Gasteiger partial charge in [0, 0.05) is 18.2 Å². The molecule has 1 aromatic carbocycles. The van der Waals surface area contributed by atoms with Crippen molar-refractivity contribution in [1.29, 1.82) is 0 Å². The Balaban J connectivity index is 2.82. The zero-order valence-electron chi connectivity index (χ0n) is 13.2. The average Bonchev–Trinajstić information content (AvgIpc) is 2.42. The molecule has 1 rings (SSSR count). The molecule has 0 aliphatic carbocycles. The molecule has 0 heterocycles. The number of benzene rings is 1. The quantitative estimate of drug-likeness (QED) is 0.806. The molecule has 0 radical (unpaired) electrons. The highest BCUT2D eigenvalue weighted by atomic mass is 19.3. The van der Waals surface area contributed by atoms with Gasteiger partial charge in [-0.2, -0.15) is 8.78 Å². The highest BCUT2D eigenvalue weighted by Gasteiger charge is 2.20. The number of carbonyl (C=O) groups excluding carboxylic acids is 1. The first kappa shape index (κ1) is 19.1. The van der Waals surface area contributed by atoms with Gasteiger partial charge in [-0.05, 0) is 32.9 Å². The Morgan fingerprint density at radius 1 is 1.35 bits per heavy atom. The Kier molecular flexibility index (Phi) is 7.15. The van der Waals surface area contributed by atoms with Crippen molar-refractivity contribution in [2.45, 2.75) is 46.1 Å². The van der Waals surface area contributed by atoms with E-state index in [1.54, 1.807) is 13.8 Å². The minimum atomic E-state index is -3.09. The van der Waals surface area contributed by atoms with Crippen LogP contribution in [-0.2, 0) is 6.54 Å². The molecular formula is C15H21F3N2O3. The molecule has 130 valence electrons. The van der Waals surface area contributed by atoms with Crippen LogP contribution in [0.2, 0.25) is 0 Å². The SMILES string of the molecule is CC(O)CN(C(=O)NCc1c(F)cccc1OC(F)F)C(C)C. The summed E-state index contributed by atoms with van der Waals surface area (Å²) >= 11 is 0. The van der Waals surface area contributed by atoms with E-state index >= 15 is 0 Å². The molecule has 0 aromatic heterocycles. The number of halogens is 3. The molecule has 1 atom stereocenters. The minimum absolute atomic E-state index is 0.0984. The Bertz CT molecular complexity index is 525. The molecule has 2 N–H and O–H groups in total. The van der Waals surface area contributed by atoms with E-state index in [1.807, 2.05) is 0 Å². The highest BCUT2D eigenvalue weighted by Crippen LogP contribution is 2.23. The third kappa shape index (κ3) is 5.97. The standard InChI is InChI=1S/C15H21F3N2O3/c1-9(2)20(8-10(3)21)15(22)19-7-11-12(16)5-4-6-13(11)23-14(17)18/h4-6,9-10,14,21H,7-8H2,1-3H3,(H,19,22). The summed E-state index contributed by atoms with van der Waals surface area (Å²) < 4.78 is 42.7. The summed E-state index contributed by atoms with van der Waals surface area (Å²) in [5.74, 6) is -1.08. The van der Waals surface area contributed by atoms with Gasteiger partial charge in [-0.15, -0.1) is 0 Å². The number of nitrogens with one attached hydrogen (secondary N) is 1. The summed E-state index contributed by atoms with van der Waals surface area (Å²) in [4.78, 5) is 13.5. The molecule has 0 fully saturated rings. The summed E-state index contributed by atoms with van der Waals surface area (Å²) in [6.07, 6.45) is -0.727. The van der Waals surface area contributed by atoms with Crippen molar-refractivity contribution >= 4 is 6.03 Å². The number of carbonyl (C=O) groups is 1. The number of nitrogens with zero attached hydrogens (tertiary/aromatic N) is 1. The predicted octanol–water partition coefficient (Wildman–Crippen LogP) is 2.73. The monoisotopic (exact) mass is 334 g/mol. The lowest BCUT2D eigenvalue weighted by Gasteiger charge is -2.28. The van der Waals surface area contributed by atoms with Crippen LogP contribution in [0.25, 0.3) is 0 Å². The molecule has 1 aromatic rings. The molecule has 0 spiro atoms. The fourth-order valence-electron chi connectivity index (χ4n) is 2.00. The maximum absolute atomic E-state index is 13.8. The zero-order chi connectivity index (χ0) is 17.6. The Labute approximate surface area is 133 Å². The van der Waals surface area contributed by atoms with Crippen molar-refractivity contribution < 1.29 is 27.8 Å². The van der Waals surface area contributed by atoms with Crippen LogP contribution >= 0.6 is 0 Å². The molecule has 0 bridgehead atoms. The molecule has 0 saturated heterocycles. The van der Waals surface area contributed by atoms with E-state index in [9.17, 15) is 23.1 Å². The zero-order valence-corrected chi connectivity index (χ0v) is 13.2. The van der Waals surface area contributed by atoms with Gasteiger partial charge in [0.2, 0.25) is 0 Å². The van der Waals surface area contributed by atoms with Crippen LogP contribution in [0.4, 0.5) is 18.0 Å². The van der Waals surface area contributed by atoms with Crippen molar-refractivity contribution in [1.82, 2.24) is 10.2 Å². The van der Waals surface area contributed by atoms with E-state index in [4.69, 9.17) is 0 Å². The van der Waals surface area contributed by atoms with Gasteiger partial charge < -0.3 is 20.1 Å². The van der Waals surface area contributed by atoms with E-state index in [0.717, 1.165) is 6.07 Å². The Hall–Kier alpha value is -1.96. The van der Waals surface area contributed by atoms with E-state index in [-0.39, 0.29) is 30.4 Å². The van der Waals surface area contributed by atoms with E-state index in [1.165, 1.54) is 24.0 Å². The molecular weight excluding hydrogens is 313 g/mol. The number of amides is 2. The van der Waals surface area contributed by atoms with Crippen molar-refractivity contribution in [3.63, 3.8) is 0 Å². The second kappa shape index (κ2) is 8.61. The fourth-order valence-corrected chi connectivity index (χ4v) is 2.00. The number of rotatable bonds is 7. The van der Waals surface area contributed by atoms with Crippen LogP contribution in [0.1, 0.15) is 26.3 Å². The lowest BCUT2D eigenvalue weighted by atomic mass is 10.2. The first-order valence-electron chi connectivity index (χ1n) is 7.17. The molecule has 0 aliphatic rings. The van der Waals surface area contributed by atoms with Crippen LogP contribution in [0.15, 0.2) is 18.2 Å². The van der Waals surface area contributed by atoms with Crippen LogP contribution < -0.4 is 10.1 Å². The second-order valence-electron chi connectivity index (χ2n) is 5.35. The first-order valence-corrected chi connectivity index (χ1v) is 7.17. The second-order valence-corrected chi connectivity index (χ2v) is 5.35. The van der Waals surface area contributed by atoms with E-state index in [0.29, 0.717) is 0 Å². The van der Waals surface area contributed by atoms with Crippen LogP contribution in [-0.4, -0.2) is 41.3 Å². The molecule has 0 saturated carbocycles. The van der Waals surface area contributed by atoms with Crippen LogP contribution in [0.5, 0.6) is 5.75 Å². The van der Waals surface area contributed by atoms with Crippen LogP contribution in [0.3, 0.4) is 0 Å². The van der Waals surface area contributed by atoms with Gasteiger partial charge in [0.05, 0.1) is 12.6 Å². The van der Waals surface area contributed by atoms with Crippen molar-refractivity contribution in [3.05, 3.63) is 29.6 Å². The number of alkyl halides is 2. The number of aliphatic hydroxyl groups excluding tert-OH is 1. The molecule has 5 nitrogen and oxygen atoms in total. The smallest absolute Gasteiger partial charge is 0.387 e. The maximum Gasteiger partial charge on any atom is 0.387 e. The number of urea groups is 1. The maximum atomic E-state index is 13.8. The number of ether oxygens (including phenoxy) is 1. The van der Waals surface area contributed by atoms with Crippen LogP contribution in [0, 0.1) is 5.82 Å². The van der Waals surface area contributed by atoms with Gasteiger partial charge in [-0.3, -0.25) is 0 Å². The Morgan fingerprint density at radius 2 is 2.00 bits per heavy atom. The van der Waals surface area contributed by atoms with E-state index < -0.39 is 24.6 Å². The fraction of sp³-hybridized carbons (Fsp3) is 0.533. The lowest BCUT2D eigenvalue weighted by Crippen LogP contribution is -2.46. The van der Waals surface area contributed by atoms with Crippen molar-refractivity contribution in [3.8, 4) is 5.75 Å². The van der Waals surface area contributed by atoms with Crippen molar-refractivity contribution in [2.75, 3.05) is 6.54 Å². The Morgan fingerprint density at radius 3 is 2.52 bits per heavy atom. The van der Waals surface area contributed by atoms with Gasteiger partial charge in [0.25, 0.3) is 0 Å². The number of hydrogen-bond acceptors (Lipinski definition) is 3. The summed E-state index contributed by atoms with van der Waals surface area (Å²) in [5.41, 5.74) is -0.165. The third-order valence-electron chi connectivity index (χ3n) is 3.05. The summed E-state index contributed by atoms with van der Waals surface area (Å²) in [6, 6.07) is 2.81. The van der Waals surface area contributed by atoms with Gasteiger partial charge in [-0.25, -0.2) is 9.18 Å². The summed E-state index contributed by atoms with van der Waals surface area (Å²) in [5, 5.41) is 11.9. The van der Waals surface area contributed by atoms with Crippen molar-refractivity contribution in [2.24, 2.45) is 0 Å². The van der Waals surface area contributed by atoms with Gasteiger partial charge >= 0.3 is 12.6 Å². The average molecular weight is 334 g/mol. The molecule has 0 aliphatic heterocycles. The number of aliphatic hydroxyl groups is 1. The summed E-state index contributed by atoms with van der Waals surface area (Å²) in [6.45, 7) is 1.76. The normalized spacial score (nSPS) is 12.4. The number of hydrogen-bond donors (Lipinski definition) is 2. The topological polar surface area (TPSA) is 61.8 Å². The molecule has 23 heavy (non-hydrogen) atoms. The van der Waals surface area contributed by atoms with Gasteiger partial charge in [0.15, 0.2) is 0 Å². The first-order chi connectivity index (χ1) is 10.7. The molecule has 2 amide bonds. The van der Waals surface area contributed by atoms with Gasteiger partial charge in [-0.1, -0.05) is 6.07 Å². The largest absolute Gasteiger partial charge is 0.434 e. The third-order valence-corrected chi connectivity index (χ3v) is 3.05. The van der Waals surface area contributed by atoms with E-state index in [2.05, 4.69) is 10.1 Å².